The highest BCUT2D eigenvalue weighted by atomic mass is 16.5. The summed E-state index contributed by atoms with van der Waals surface area (Å²) in [4.78, 5) is 34.1. The van der Waals surface area contributed by atoms with Crippen LogP contribution in [-0.4, -0.2) is 88.7 Å². The van der Waals surface area contributed by atoms with E-state index in [0.29, 0.717) is 24.4 Å². The Morgan fingerprint density at radius 2 is 1.97 bits per heavy atom. The number of nitrogens with zero attached hydrogens (tertiary/aromatic N) is 5. The molecule has 0 spiro atoms. The number of piperidine rings is 1. The highest BCUT2D eigenvalue weighted by molar-refractivity contribution is 5.93. The molecule has 0 aromatic carbocycles. The fraction of sp³-hybridized carbons (Fsp3) is 0.619. The maximum absolute atomic E-state index is 13.0. The standard InChI is InChI=1S/C21H30N6O3/c1-25-13-15(21(29)26-10-6-17(30-2)7-11-26)4-5-16(14-25)23-20(28)18-12-19-22-8-3-9-27(19)24-18/h3,8-9,12,15-17H,4-7,10-11,13-14H2,1-2H3,(H,23,28)/t15-,16+/m1/s1. The molecule has 2 amide bonds. The summed E-state index contributed by atoms with van der Waals surface area (Å²) in [6.45, 7) is 2.96. The van der Waals surface area contributed by atoms with Crippen molar-refractivity contribution < 1.29 is 14.3 Å². The Balaban J connectivity index is 1.34. The number of hydrogen-bond acceptors (Lipinski definition) is 6. The van der Waals surface area contributed by atoms with Crippen LogP contribution < -0.4 is 5.32 Å². The van der Waals surface area contributed by atoms with Crippen LogP contribution in [0.25, 0.3) is 5.65 Å². The number of ether oxygens (including phenoxy) is 1. The van der Waals surface area contributed by atoms with Crippen molar-refractivity contribution in [1.29, 1.82) is 0 Å². The van der Waals surface area contributed by atoms with E-state index >= 15 is 0 Å². The van der Waals surface area contributed by atoms with Gasteiger partial charge in [0.1, 0.15) is 0 Å². The van der Waals surface area contributed by atoms with Crippen LogP contribution >= 0.6 is 0 Å². The Hall–Kier alpha value is -2.52. The summed E-state index contributed by atoms with van der Waals surface area (Å²) in [7, 11) is 3.75. The lowest BCUT2D eigenvalue weighted by atomic mass is 9.98. The van der Waals surface area contributed by atoms with E-state index in [0.717, 1.165) is 38.8 Å². The third-order valence-corrected chi connectivity index (χ3v) is 6.17. The van der Waals surface area contributed by atoms with Crippen LogP contribution in [0.4, 0.5) is 0 Å². The van der Waals surface area contributed by atoms with Crippen molar-refractivity contribution in [3.05, 3.63) is 30.2 Å². The number of hydrogen-bond donors (Lipinski definition) is 1. The highest BCUT2D eigenvalue weighted by Crippen LogP contribution is 2.22. The zero-order chi connectivity index (χ0) is 21.1. The first-order chi connectivity index (χ1) is 14.5. The van der Waals surface area contributed by atoms with E-state index in [1.165, 1.54) is 0 Å². The van der Waals surface area contributed by atoms with Gasteiger partial charge in [-0.1, -0.05) is 0 Å². The maximum Gasteiger partial charge on any atom is 0.272 e. The Kier molecular flexibility index (Phi) is 6.29. The number of methoxy groups -OCH3 is 1. The molecule has 9 nitrogen and oxygen atoms in total. The zero-order valence-corrected chi connectivity index (χ0v) is 17.7. The largest absolute Gasteiger partial charge is 0.381 e. The lowest BCUT2D eigenvalue weighted by molar-refractivity contribution is -0.138. The van der Waals surface area contributed by atoms with Gasteiger partial charge in [0, 0.05) is 57.8 Å². The number of likely N-dealkylation sites (N-methyl/N-ethyl adjacent to an activating group) is 1. The van der Waals surface area contributed by atoms with Crippen molar-refractivity contribution in [1.82, 2.24) is 29.7 Å². The summed E-state index contributed by atoms with van der Waals surface area (Å²) in [5.74, 6) is -0.00416. The molecule has 2 fully saturated rings. The number of amides is 2. The number of fused-ring (bicyclic) bond motifs is 1. The van der Waals surface area contributed by atoms with Gasteiger partial charge in [-0.05, 0) is 38.8 Å². The van der Waals surface area contributed by atoms with Crippen LogP contribution in [0.15, 0.2) is 24.5 Å². The number of nitrogens with one attached hydrogen (secondary N) is 1. The van der Waals surface area contributed by atoms with Crippen LogP contribution in [0.5, 0.6) is 0 Å². The summed E-state index contributed by atoms with van der Waals surface area (Å²) in [5, 5.41) is 7.39. The average Bonchev–Trinajstić information content (AvgIpc) is 3.11. The lowest BCUT2D eigenvalue weighted by Crippen LogP contribution is -2.45. The van der Waals surface area contributed by atoms with Gasteiger partial charge in [0.15, 0.2) is 11.3 Å². The Morgan fingerprint density at radius 1 is 1.17 bits per heavy atom. The number of rotatable bonds is 4. The molecule has 30 heavy (non-hydrogen) atoms. The van der Waals surface area contributed by atoms with Gasteiger partial charge >= 0.3 is 0 Å². The van der Waals surface area contributed by atoms with Crippen LogP contribution in [0.1, 0.15) is 36.2 Å². The number of likely N-dealkylation sites (tertiary alicyclic amines) is 2. The summed E-state index contributed by atoms with van der Waals surface area (Å²) >= 11 is 0. The van der Waals surface area contributed by atoms with E-state index in [1.807, 2.05) is 11.9 Å². The Morgan fingerprint density at radius 3 is 2.70 bits per heavy atom. The summed E-state index contributed by atoms with van der Waals surface area (Å²) in [6, 6.07) is 3.44. The molecule has 2 saturated heterocycles. The molecule has 162 valence electrons. The topological polar surface area (TPSA) is 92.1 Å². The molecule has 0 bridgehead atoms. The minimum absolute atomic E-state index is 0.0164. The highest BCUT2D eigenvalue weighted by Gasteiger charge is 2.32. The molecule has 2 aliphatic rings. The third-order valence-electron chi connectivity index (χ3n) is 6.17. The normalized spacial score (nSPS) is 24.0. The molecule has 2 aliphatic heterocycles. The smallest absolute Gasteiger partial charge is 0.272 e. The lowest BCUT2D eigenvalue weighted by Gasteiger charge is -2.34. The molecule has 2 aromatic rings. The molecule has 2 atom stereocenters. The van der Waals surface area contributed by atoms with Crippen LogP contribution in [0, 0.1) is 5.92 Å². The second kappa shape index (κ2) is 9.09. The summed E-state index contributed by atoms with van der Waals surface area (Å²) in [6.07, 6.45) is 7.05. The van der Waals surface area contributed by atoms with E-state index in [4.69, 9.17) is 4.74 Å². The minimum atomic E-state index is -0.203. The predicted molar refractivity (Wildman–Crippen MR) is 111 cm³/mol. The molecule has 4 heterocycles. The van der Waals surface area contributed by atoms with Gasteiger partial charge in [-0.3, -0.25) is 9.59 Å². The van der Waals surface area contributed by atoms with E-state index in [9.17, 15) is 9.59 Å². The monoisotopic (exact) mass is 414 g/mol. The van der Waals surface area contributed by atoms with E-state index in [1.54, 1.807) is 36.2 Å². The molecular formula is C21H30N6O3. The van der Waals surface area contributed by atoms with E-state index in [-0.39, 0.29) is 29.9 Å². The van der Waals surface area contributed by atoms with Gasteiger partial charge in [-0.2, -0.15) is 5.10 Å². The third kappa shape index (κ3) is 4.62. The first-order valence-electron chi connectivity index (χ1n) is 10.6. The van der Waals surface area contributed by atoms with E-state index < -0.39 is 0 Å². The summed E-state index contributed by atoms with van der Waals surface area (Å²) < 4.78 is 7.00. The van der Waals surface area contributed by atoms with Gasteiger partial charge < -0.3 is 19.9 Å². The van der Waals surface area contributed by atoms with Crippen molar-refractivity contribution in [2.24, 2.45) is 5.92 Å². The van der Waals surface area contributed by atoms with Crippen LogP contribution in [-0.2, 0) is 9.53 Å². The second-order valence-electron chi connectivity index (χ2n) is 8.38. The maximum atomic E-state index is 13.0. The second-order valence-corrected chi connectivity index (χ2v) is 8.38. The first kappa shape index (κ1) is 20.7. The quantitative estimate of drug-likeness (QED) is 0.796. The van der Waals surface area contributed by atoms with Crippen LogP contribution in [0.2, 0.25) is 0 Å². The number of carbonyl (C=O) groups is 2. The van der Waals surface area contributed by atoms with Crippen molar-refractivity contribution in [2.45, 2.75) is 37.8 Å². The molecule has 0 radical (unpaired) electrons. The van der Waals surface area contributed by atoms with Crippen molar-refractivity contribution in [3.8, 4) is 0 Å². The van der Waals surface area contributed by atoms with Gasteiger partial charge in [-0.25, -0.2) is 9.50 Å². The van der Waals surface area contributed by atoms with Gasteiger partial charge in [0.2, 0.25) is 5.91 Å². The zero-order valence-electron chi connectivity index (χ0n) is 17.7. The molecule has 9 heteroatoms. The molecule has 2 aromatic heterocycles. The molecule has 0 unspecified atom stereocenters. The van der Waals surface area contributed by atoms with E-state index in [2.05, 4.69) is 20.3 Å². The van der Waals surface area contributed by atoms with Crippen molar-refractivity contribution in [3.63, 3.8) is 0 Å². The SMILES string of the molecule is COC1CCN(C(=O)[C@@H]2CC[C@H](NC(=O)c3cc4ncccn4n3)CN(C)C2)CC1. The van der Waals surface area contributed by atoms with Crippen molar-refractivity contribution in [2.75, 3.05) is 40.3 Å². The van der Waals surface area contributed by atoms with Gasteiger partial charge in [0.05, 0.1) is 12.0 Å². The molecular weight excluding hydrogens is 384 g/mol. The fourth-order valence-electron chi connectivity index (χ4n) is 4.50. The molecule has 0 aliphatic carbocycles. The number of aromatic nitrogens is 3. The van der Waals surface area contributed by atoms with Gasteiger partial charge in [0.25, 0.3) is 5.91 Å². The first-order valence-corrected chi connectivity index (χ1v) is 10.6. The molecule has 1 N–H and O–H groups in total. The number of carbonyl (C=O) groups excluding carboxylic acids is 2. The fourth-order valence-corrected chi connectivity index (χ4v) is 4.50. The van der Waals surface area contributed by atoms with Crippen molar-refractivity contribution >= 4 is 17.5 Å². The van der Waals surface area contributed by atoms with Gasteiger partial charge in [-0.15, -0.1) is 0 Å². The minimum Gasteiger partial charge on any atom is -0.381 e. The van der Waals surface area contributed by atoms with Crippen LogP contribution in [0.3, 0.4) is 0 Å². The average molecular weight is 415 g/mol. The molecule has 0 saturated carbocycles. The predicted octanol–water partition coefficient (Wildman–Crippen LogP) is 0.807. The Labute approximate surface area is 176 Å². The summed E-state index contributed by atoms with van der Waals surface area (Å²) in [5.41, 5.74) is 0.998. The Bertz CT molecular complexity index is 859. The molecule has 4 rings (SSSR count).